The Kier molecular flexibility index (Phi) is 9.21. The highest BCUT2D eigenvalue weighted by atomic mass is 19.4. The SMILES string of the molecule is C=C(C)C(=O)OC1CC2CC1C(C1(OC(C)(C)C(C)(O)C(F)(F)F)CCCC1)C2C1(OC(C)(C)C(C)(O)C(F)(F)F)CCCC1. The fourth-order valence-electron chi connectivity index (χ4n) is 9.00. The summed E-state index contributed by atoms with van der Waals surface area (Å²) in [6, 6.07) is 0. The monoisotopic (exact) mass is 656 g/mol. The van der Waals surface area contributed by atoms with Crippen molar-refractivity contribution in [2.75, 3.05) is 0 Å². The van der Waals surface area contributed by atoms with Crippen LogP contribution >= 0.6 is 0 Å². The second kappa shape index (κ2) is 11.4. The van der Waals surface area contributed by atoms with Crippen LogP contribution in [0, 0.1) is 23.7 Å². The summed E-state index contributed by atoms with van der Waals surface area (Å²) >= 11 is 0. The molecule has 0 amide bonds. The van der Waals surface area contributed by atoms with Crippen molar-refractivity contribution in [3.05, 3.63) is 12.2 Å². The Hall–Kier alpha value is -1.37. The summed E-state index contributed by atoms with van der Waals surface area (Å²) in [6.07, 6.45) is -5.45. The number of carbonyl (C=O) groups excluding carboxylic acids is 1. The van der Waals surface area contributed by atoms with E-state index in [9.17, 15) is 41.4 Å². The minimum Gasteiger partial charge on any atom is -0.459 e. The first-order valence-corrected chi connectivity index (χ1v) is 16.1. The minimum absolute atomic E-state index is 0.181. The summed E-state index contributed by atoms with van der Waals surface area (Å²) in [5, 5.41) is 21.6. The molecular weight excluding hydrogens is 606 g/mol. The van der Waals surface area contributed by atoms with Crippen molar-refractivity contribution in [1.29, 1.82) is 0 Å². The number of hydrogen-bond acceptors (Lipinski definition) is 6. The van der Waals surface area contributed by atoms with E-state index < -0.39 is 69.9 Å². The van der Waals surface area contributed by atoms with Crippen LogP contribution in [0.3, 0.4) is 0 Å². The van der Waals surface area contributed by atoms with E-state index in [2.05, 4.69) is 6.58 Å². The molecule has 4 rings (SSSR count). The van der Waals surface area contributed by atoms with Gasteiger partial charge in [-0.25, -0.2) is 4.79 Å². The molecule has 0 spiro atoms. The standard InChI is InChI=1S/C33H50F6O6/c1-19(2)25(40)43-22-18-20-17-21(22)24(31(15-11-12-16-31)45-27(5,6)29(8,42)33(37,38)39)23(20)30(13-9-10-14-30)44-26(3,4)28(7,41)32(34,35)36/h20-24,41-42H,1,9-18H2,2-8H3. The molecule has 4 saturated carbocycles. The Morgan fingerprint density at radius 1 is 0.711 bits per heavy atom. The molecule has 4 aliphatic rings. The van der Waals surface area contributed by atoms with Crippen LogP contribution in [0.5, 0.6) is 0 Å². The zero-order chi connectivity index (χ0) is 34.2. The first-order chi connectivity index (χ1) is 20.3. The molecule has 2 N–H and O–H groups in total. The quantitative estimate of drug-likeness (QED) is 0.143. The Morgan fingerprint density at radius 2 is 1.09 bits per heavy atom. The lowest BCUT2D eigenvalue weighted by Gasteiger charge is -2.57. The van der Waals surface area contributed by atoms with Gasteiger partial charge in [-0.3, -0.25) is 0 Å². The van der Waals surface area contributed by atoms with E-state index in [1.54, 1.807) is 0 Å². The molecule has 7 atom stereocenters. The molecular formula is C33H50F6O6. The maximum absolute atomic E-state index is 14.2. The molecule has 6 nitrogen and oxygen atoms in total. The summed E-state index contributed by atoms with van der Waals surface area (Å²) in [4.78, 5) is 12.7. The van der Waals surface area contributed by atoms with Gasteiger partial charge in [0.15, 0.2) is 11.2 Å². The number of hydrogen-bond donors (Lipinski definition) is 2. The maximum atomic E-state index is 14.2. The zero-order valence-corrected chi connectivity index (χ0v) is 27.5. The fourth-order valence-corrected chi connectivity index (χ4v) is 9.00. The largest absolute Gasteiger partial charge is 0.459 e. The zero-order valence-electron chi connectivity index (χ0n) is 27.5. The second-order valence-electron chi connectivity index (χ2n) is 15.6. The highest BCUT2D eigenvalue weighted by Gasteiger charge is 2.71. The summed E-state index contributed by atoms with van der Waals surface area (Å²) < 4.78 is 104. The third kappa shape index (κ3) is 5.96. The fraction of sp³-hybridized carbons (Fsp3) is 0.909. The van der Waals surface area contributed by atoms with Crippen LogP contribution in [-0.2, 0) is 19.0 Å². The number of aliphatic hydroxyl groups is 2. The molecule has 2 bridgehead atoms. The first-order valence-electron chi connectivity index (χ1n) is 16.1. The molecule has 4 aliphatic carbocycles. The van der Waals surface area contributed by atoms with Gasteiger partial charge in [-0.2, -0.15) is 26.3 Å². The number of esters is 1. The Bertz CT molecular complexity index is 1130. The summed E-state index contributed by atoms with van der Waals surface area (Å²) in [5.74, 6) is -2.12. The van der Waals surface area contributed by atoms with Crippen molar-refractivity contribution < 1.29 is 55.6 Å². The van der Waals surface area contributed by atoms with E-state index in [0.717, 1.165) is 0 Å². The van der Waals surface area contributed by atoms with Gasteiger partial charge >= 0.3 is 18.3 Å². The number of ether oxygens (including phenoxy) is 3. The molecule has 0 aromatic heterocycles. The molecule has 0 aromatic carbocycles. The molecule has 45 heavy (non-hydrogen) atoms. The summed E-state index contributed by atoms with van der Waals surface area (Å²) in [5.41, 5.74) is -12.7. The predicted octanol–water partition coefficient (Wildman–Crippen LogP) is 7.59. The number of carbonyl (C=O) groups is 1. The highest BCUT2D eigenvalue weighted by molar-refractivity contribution is 5.87. The van der Waals surface area contributed by atoms with Gasteiger partial charge in [-0.15, -0.1) is 0 Å². The second-order valence-corrected chi connectivity index (χ2v) is 15.6. The van der Waals surface area contributed by atoms with Crippen LogP contribution in [0.4, 0.5) is 26.3 Å². The van der Waals surface area contributed by atoms with Gasteiger partial charge in [0.2, 0.25) is 0 Å². The summed E-state index contributed by atoms with van der Waals surface area (Å²) in [6.45, 7) is 11.5. The van der Waals surface area contributed by atoms with Gasteiger partial charge in [0, 0.05) is 17.4 Å². The normalized spacial score (nSPS) is 32.7. The van der Waals surface area contributed by atoms with Crippen LogP contribution < -0.4 is 0 Å². The number of fused-ring (bicyclic) bond motifs is 2. The van der Waals surface area contributed by atoms with E-state index in [-0.39, 0.29) is 17.4 Å². The predicted molar refractivity (Wildman–Crippen MR) is 154 cm³/mol. The van der Waals surface area contributed by atoms with Crippen molar-refractivity contribution in [3.8, 4) is 0 Å². The molecule has 0 aliphatic heterocycles. The average Bonchev–Trinajstić information content (AvgIpc) is 3.66. The Balaban J connectivity index is 1.84. The highest BCUT2D eigenvalue weighted by Crippen LogP contribution is 2.67. The van der Waals surface area contributed by atoms with Gasteiger partial charge in [0.1, 0.15) is 17.3 Å². The van der Waals surface area contributed by atoms with E-state index in [1.165, 1.54) is 34.6 Å². The number of rotatable bonds is 10. The third-order valence-electron chi connectivity index (χ3n) is 12.0. The van der Waals surface area contributed by atoms with Crippen molar-refractivity contribution >= 4 is 5.97 Å². The van der Waals surface area contributed by atoms with Gasteiger partial charge in [0.25, 0.3) is 0 Å². The van der Waals surface area contributed by atoms with E-state index in [1.807, 2.05) is 0 Å². The van der Waals surface area contributed by atoms with Crippen LogP contribution in [0.25, 0.3) is 0 Å². The maximum Gasteiger partial charge on any atom is 0.419 e. The molecule has 0 aromatic rings. The lowest BCUT2D eigenvalue weighted by atomic mass is 9.61. The lowest BCUT2D eigenvalue weighted by molar-refractivity contribution is -0.348. The van der Waals surface area contributed by atoms with Crippen molar-refractivity contribution in [3.63, 3.8) is 0 Å². The van der Waals surface area contributed by atoms with E-state index >= 15 is 0 Å². The molecule has 7 unspecified atom stereocenters. The van der Waals surface area contributed by atoms with E-state index in [4.69, 9.17) is 14.2 Å². The Morgan fingerprint density at radius 3 is 1.44 bits per heavy atom. The van der Waals surface area contributed by atoms with Gasteiger partial charge in [0.05, 0.1) is 11.2 Å². The molecule has 12 heteroatoms. The van der Waals surface area contributed by atoms with Crippen LogP contribution in [-0.4, -0.2) is 68.2 Å². The number of alkyl halides is 6. The van der Waals surface area contributed by atoms with Crippen molar-refractivity contribution in [2.45, 2.75) is 165 Å². The molecule has 0 heterocycles. The molecule has 0 radical (unpaired) electrons. The average molecular weight is 657 g/mol. The van der Waals surface area contributed by atoms with Crippen LogP contribution in [0.1, 0.15) is 113 Å². The van der Waals surface area contributed by atoms with Gasteiger partial charge in [-0.05, 0) is 98.8 Å². The lowest BCUT2D eigenvalue weighted by Crippen LogP contribution is -2.66. The topological polar surface area (TPSA) is 85.2 Å². The van der Waals surface area contributed by atoms with Crippen LogP contribution in [0.15, 0.2) is 12.2 Å². The minimum atomic E-state index is -5.01. The molecule has 260 valence electrons. The molecule has 4 fully saturated rings. The van der Waals surface area contributed by atoms with Crippen molar-refractivity contribution in [2.24, 2.45) is 23.7 Å². The van der Waals surface area contributed by atoms with Gasteiger partial charge < -0.3 is 24.4 Å². The van der Waals surface area contributed by atoms with Crippen molar-refractivity contribution in [1.82, 2.24) is 0 Å². The number of halogens is 6. The first kappa shape index (κ1) is 36.5. The van der Waals surface area contributed by atoms with Gasteiger partial charge in [-0.1, -0.05) is 32.3 Å². The smallest absolute Gasteiger partial charge is 0.419 e. The van der Waals surface area contributed by atoms with E-state index in [0.29, 0.717) is 78.1 Å². The Labute approximate surface area is 262 Å². The summed E-state index contributed by atoms with van der Waals surface area (Å²) in [7, 11) is 0. The van der Waals surface area contributed by atoms with Crippen LogP contribution in [0.2, 0.25) is 0 Å². The third-order valence-corrected chi connectivity index (χ3v) is 12.0. The molecule has 0 saturated heterocycles.